The molecule has 2 fully saturated rings. The third-order valence-electron chi connectivity index (χ3n) is 4.49. The molecule has 2 unspecified atom stereocenters. The van der Waals surface area contributed by atoms with E-state index in [1.54, 1.807) is 4.90 Å². The smallest absolute Gasteiger partial charge is 0.127 e. The molecular weight excluding hydrogens is 184 g/mol. The van der Waals surface area contributed by atoms with Crippen molar-refractivity contribution in [1.29, 1.82) is 0 Å². The minimum atomic E-state index is 0.990. The Kier molecular flexibility index (Phi) is 4.04. The van der Waals surface area contributed by atoms with E-state index in [9.17, 15) is 0 Å². The summed E-state index contributed by atoms with van der Waals surface area (Å²) in [5.74, 6) is 0.990. The summed E-state index contributed by atoms with van der Waals surface area (Å²) < 4.78 is 0. The molecule has 2 N–H and O–H groups in total. The van der Waals surface area contributed by atoms with Gasteiger partial charge in [0, 0.05) is 12.8 Å². The van der Waals surface area contributed by atoms with Crippen LogP contribution < -0.4 is 9.80 Å². The Morgan fingerprint density at radius 1 is 0.933 bits per heavy atom. The van der Waals surface area contributed by atoms with Gasteiger partial charge in [0.1, 0.15) is 13.1 Å². The zero-order valence-corrected chi connectivity index (χ0v) is 10.5. The Hall–Kier alpha value is -0.0800. The van der Waals surface area contributed by atoms with Gasteiger partial charge >= 0.3 is 0 Å². The largest absolute Gasteiger partial charge is 0.333 e. The molecule has 2 heteroatoms. The van der Waals surface area contributed by atoms with Crippen molar-refractivity contribution in [3.63, 3.8) is 0 Å². The van der Waals surface area contributed by atoms with E-state index in [0.717, 1.165) is 12.0 Å². The molecule has 2 rings (SSSR count). The maximum atomic E-state index is 2.45. The molecule has 1 heterocycles. The van der Waals surface area contributed by atoms with Crippen LogP contribution >= 0.6 is 0 Å². The second-order valence-corrected chi connectivity index (χ2v) is 5.94. The van der Waals surface area contributed by atoms with E-state index in [-0.39, 0.29) is 0 Å². The van der Waals surface area contributed by atoms with Gasteiger partial charge in [-0.3, -0.25) is 0 Å². The fraction of sp³-hybridized carbons (Fsp3) is 1.00. The van der Waals surface area contributed by atoms with Crippen LogP contribution in [0.3, 0.4) is 0 Å². The van der Waals surface area contributed by atoms with Gasteiger partial charge < -0.3 is 9.80 Å². The highest BCUT2D eigenvalue weighted by atomic mass is 15.2. The van der Waals surface area contributed by atoms with Gasteiger partial charge in [0.15, 0.2) is 0 Å². The number of quaternary nitrogens is 2. The zero-order chi connectivity index (χ0) is 10.7. The van der Waals surface area contributed by atoms with Crippen LogP contribution in [-0.4, -0.2) is 39.3 Å². The molecule has 0 bridgehead atoms. The summed E-state index contributed by atoms with van der Waals surface area (Å²) in [5.41, 5.74) is 0. The Bertz CT molecular complexity index is 193. The van der Waals surface area contributed by atoms with Crippen molar-refractivity contribution < 1.29 is 9.80 Å². The Morgan fingerprint density at radius 2 is 1.80 bits per heavy atom. The third-order valence-corrected chi connectivity index (χ3v) is 4.49. The molecule has 2 aliphatic rings. The predicted octanol–water partition coefficient (Wildman–Crippen LogP) is -0.632. The van der Waals surface area contributed by atoms with Crippen LogP contribution in [0.5, 0.6) is 0 Å². The molecule has 0 aromatic carbocycles. The van der Waals surface area contributed by atoms with E-state index in [1.807, 2.05) is 4.90 Å². The van der Waals surface area contributed by atoms with Gasteiger partial charge in [-0.15, -0.1) is 0 Å². The predicted molar refractivity (Wildman–Crippen MR) is 63.4 cm³/mol. The summed E-state index contributed by atoms with van der Waals surface area (Å²) >= 11 is 0. The van der Waals surface area contributed by atoms with Gasteiger partial charge in [0.2, 0.25) is 0 Å². The van der Waals surface area contributed by atoms with Crippen molar-refractivity contribution in [1.82, 2.24) is 0 Å². The molecule has 2 nitrogen and oxygen atoms in total. The average molecular weight is 212 g/mol. The normalized spacial score (nSPS) is 43.6. The highest BCUT2D eigenvalue weighted by molar-refractivity contribution is 4.69. The second-order valence-electron chi connectivity index (χ2n) is 5.94. The SMILES string of the molecule is C[C@H]1CCC[C@@H]([NH+]2CCC[NH+](C)CC2)C1. The molecule has 1 saturated heterocycles. The standard InChI is InChI=1S/C13H26N2/c1-12-5-3-6-13(11-12)15-8-4-7-14(2)9-10-15/h12-13H,3-11H2,1-2H3/p+2/t12-,13+/m0/s1. The van der Waals surface area contributed by atoms with Crippen molar-refractivity contribution in [2.75, 3.05) is 33.2 Å². The first-order valence-electron chi connectivity index (χ1n) is 6.91. The average Bonchev–Trinajstić information content (AvgIpc) is 2.43. The van der Waals surface area contributed by atoms with Crippen LogP contribution in [0.2, 0.25) is 0 Å². The molecule has 88 valence electrons. The van der Waals surface area contributed by atoms with E-state index in [1.165, 1.54) is 58.3 Å². The molecule has 1 aliphatic carbocycles. The number of hydrogen-bond donors (Lipinski definition) is 2. The lowest BCUT2D eigenvalue weighted by Gasteiger charge is -2.32. The second kappa shape index (κ2) is 5.31. The maximum absolute atomic E-state index is 2.45. The van der Waals surface area contributed by atoms with Gasteiger partial charge in [-0.1, -0.05) is 13.3 Å². The Balaban J connectivity index is 1.85. The van der Waals surface area contributed by atoms with E-state index in [4.69, 9.17) is 0 Å². The summed E-state index contributed by atoms with van der Waals surface area (Å²) in [5, 5.41) is 0. The number of nitrogens with one attached hydrogen (secondary N) is 2. The van der Waals surface area contributed by atoms with E-state index in [2.05, 4.69) is 14.0 Å². The number of hydrogen-bond acceptors (Lipinski definition) is 0. The first-order chi connectivity index (χ1) is 7.25. The molecule has 0 spiro atoms. The van der Waals surface area contributed by atoms with E-state index >= 15 is 0 Å². The quantitative estimate of drug-likeness (QED) is 0.573. The molecule has 1 saturated carbocycles. The van der Waals surface area contributed by atoms with Crippen LogP contribution in [0.15, 0.2) is 0 Å². The molecular formula is C13H28N2+2. The molecule has 0 radical (unpaired) electrons. The fourth-order valence-corrected chi connectivity index (χ4v) is 3.45. The molecule has 0 aromatic rings. The van der Waals surface area contributed by atoms with Crippen molar-refractivity contribution in [2.24, 2.45) is 5.92 Å². The van der Waals surface area contributed by atoms with Gasteiger partial charge in [-0.2, -0.15) is 0 Å². The fourth-order valence-electron chi connectivity index (χ4n) is 3.45. The zero-order valence-electron chi connectivity index (χ0n) is 10.5. The van der Waals surface area contributed by atoms with Crippen molar-refractivity contribution >= 4 is 0 Å². The lowest BCUT2D eigenvalue weighted by molar-refractivity contribution is -0.948. The van der Waals surface area contributed by atoms with Gasteiger partial charge in [-0.25, -0.2) is 0 Å². The maximum Gasteiger partial charge on any atom is 0.127 e. The summed E-state index contributed by atoms with van der Waals surface area (Å²) in [4.78, 5) is 3.67. The van der Waals surface area contributed by atoms with Gasteiger partial charge in [0.25, 0.3) is 0 Å². The van der Waals surface area contributed by atoms with Gasteiger partial charge in [0.05, 0.1) is 26.2 Å². The van der Waals surface area contributed by atoms with Crippen LogP contribution in [0, 0.1) is 5.92 Å². The van der Waals surface area contributed by atoms with Crippen molar-refractivity contribution in [2.45, 2.75) is 45.1 Å². The lowest BCUT2D eigenvalue weighted by Crippen LogP contribution is -3.19. The summed E-state index contributed by atoms with van der Waals surface area (Å²) in [6.07, 6.45) is 7.39. The molecule has 15 heavy (non-hydrogen) atoms. The van der Waals surface area contributed by atoms with Crippen LogP contribution in [0.25, 0.3) is 0 Å². The first kappa shape index (κ1) is 11.4. The monoisotopic (exact) mass is 212 g/mol. The molecule has 1 aliphatic heterocycles. The van der Waals surface area contributed by atoms with Crippen LogP contribution in [-0.2, 0) is 0 Å². The lowest BCUT2D eigenvalue weighted by atomic mass is 9.86. The summed E-state index contributed by atoms with van der Waals surface area (Å²) in [7, 11) is 2.35. The van der Waals surface area contributed by atoms with Crippen LogP contribution in [0.4, 0.5) is 0 Å². The van der Waals surface area contributed by atoms with E-state index in [0.29, 0.717) is 0 Å². The molecule has 4 atom stereocenters. The highest BCUT2D eigenvalue weighted by Gasteiger charge is 2.29. The van der Waals surface area contributed by atoms with E-state index < -0.39 is 0 Å². The Labute approximate surface area is 94.6 Å². The van der Waals surface area contributed by atoms with Gasteiger partial charge in [-0.05, 0) is 18.8 Å². The topological polar surface area (TPSA) is 8.88 Å². The number of likely N-dealkylation sites (N-methyl/N-ethyl adjacent to an activating group) is 1. The third kappa shape index (κ3) is 3.18. The first-order valence-corrected chi connectivity index (χ1v) is 6.91. The van der Waals surface area contributed by atoms with Crippen molar-refractivity contribution in [3.8, 4) is 0 Å². The molecule has 0 aromatic heterocycles. The summed E-state index contributed by atoms with van der Waals surface area (Å²) in [6.45, 7) is 8.09. The van der Waals surface area contributed by atoms with Crippen LogP contribution in [0.1, 0.15) is 39.0 Å². The highest BCUT2D eigenvalue weighted by Crippen LogP contribution is 2.21. The summed E-state index contributed by atoms with van der Waals surface area (Å²) in [6, 6.07) is 1.000. The number of rotatable bonds is 1. The Morgan fingerprint density at radius 3 is 2.60 bits per heavy atom. The minimum absolute atomic E-state index is 0.990. The minimum Gasteiger partial charge on any atom is -0.333 e. The molecule has 0 amide bonds. The van der Waals surface area contributed by atoms with Crippen molar-refractivity contribution in [3.05, 3.63) is 0 Å².